The average Bonchev–Trinajstić information content (AvgIpc) is 3.18. The lowest BCUT2D eigenvalue weighted by molar-refractivity contribution is -0.140. The van der Waals surface area contributed by atoms with Crippen molar-refractivity contribution in [2.75, 3.05) is 6.54 Å². The summed E-state index contributed by atoms with van der Waals surface area (Å²) in [5.74, 6) is 0.891. The van der Waals surface area contributed by atoms with E-state index < -0.39 is 0 Å². The number of likely N-dealkylation sites (tertiary alicyclic amines) is 1. The highest BCUT2D eigenvalue weighted by Gasteiger charge is 2.58. The van der Waals surface area contributed by atoms with Gasteiger partial charge in [0.2, 0.25) is 11.8 Å². The topological polar surface area (TPSA) is 37.4 Å². The third-order valence-corrected chi connectivity index (χ3v) is 5.80. The highest BCUT2D eigenvalue weighted by Crippen LogP contribution is 2.52. The van der Waals surface area contributed by atoms with Crippen LogP contribution < -0.4 is 0 Å². The van der Waals surface area contributed by atoms with Crippen molar-refractivity contribution in [2.45, 2.75) is 64.7 Å². The first kappa shape index (κ1) is 15.8. The van der Waals surface area contributed by atoms with E-state index in [0.717, 1.165) is 19.3 Å². The van der Waals surface area contributed by atoms with Crippen LogP contribution in [-0.2, 0) is 9.59 Å². The van der Waals surface area contributed by atoms with Gasteiger partial charge in [0.15, 0.2) is 0 Å². The van der Waals surface area contributed by atoms with Crippen LogP contribution in [-0.4, -0.2) is 23.3 Å². The van der Waals surface area contributed by atoms with Gasteiger partial charge in [0, 0.05) is 6.54 Å². The monoisotopic (exact) mass is 303 g/mol. The van der Waals surface area contributed by atoms with Crippen LogP contribution in [0.3, 0.4) is 0 Å². The van der Waals surface area contributed by atoms with E-state index in [0.29, 0.717) is 18.4 Å². The van der Waals surface area contributed by atoms with Crippen molar-refractivity contribution in [1.82, 2.24) is 4.90 Å². The van der Waals surface area contributed by atoms with Crippen molar-refractivity contribution in [3.8, 4) is 0 Å². The predicted molar refractivity (Wildman–Crippen MR) is 87.0 cm³/mol. The molecule has 2 aliphatic carbocycles. The number of nitrogens with zero attached hydrogens (tertiary/aromatic N) is 1. The molecule has 22 heavy (non-hydrogen) atoms. The van der Waals surface area contributed by atoms with Crippen LogP contribution in [0.4, 0.5) is 0 Å². The summed E-state index contributed by atoms with van der Waals surface area (Å²) in [6.45, 7) is 2.89. The van der Waals surface area contributed by atoms with Crippen molar-refractivity contribution < 1.29 is 9.59 Å². The Bertz CT molecular complexity index is 426. The van der Waals surface area contributed by atoms with Crippen molar-refractivity contribution in [1.29, 1.82) is 0 Å². The van der Waals surface area contributed by atoms with E-state index in [9.17, 15) is 9.59 Å². The number of carbonyl (C=O) groups excluding carboxylic acids is 2. The number of imide groups is 1. The minimum atomic E-state index is -0.0171. The summed E-state index contributed by atoms with van der Waals surface area (Å²) in [6.07, 6.45) is 15.3. The standard InChI is InChI=1S/C19H29NO2/c1-2-3-4-5-6-7-8-9-12-20-18(21)16-14-10-11-15(13-14)17(16)19(20)22/h10-11,14-17H,2-9,12-13H2,1H3/t14-,15+,16-,17+. The number of rotatable bonds is 9. The van der Waals surface area contributed by atoms with E-state index in [1.54, 1.807) is 4.90 Å². The zero-order chi connectivity index (χ0) is 15.5. The summed E-state index contributed by atoms with van der Waals surface area (Å²) in [4.78, 5) is 26.6. The van der Waals surface area contributed by atoms with E-state index in [-0.39, 0.29) is 23.7 Å². The van der Waals surface area contributed by atoms with Crippen LogP contribution >= 0.6 is 0 Å². The van der Waals surface area contributed by atoms with Gasteiger partial charge in [-0.05, 0) is 24.7 Å². The quantitative estimate of drug-likeness (QED) is 0.367. The largest absolute Gasteiger partial charge is 0.282 e. The van der Waals surface area contributed by atoms with E-state index >= 15 is 0 Å². The molecule has 0 aromatic carbocycles. The molecule has 2 bridgehead atoms. The van der Waals surface area contributed by atoms with Gasteiger partial charge >= 0.3 is 0 Å². The van der Waals surface area contributed by atoms with Gasteiger partial charge in [-0.15, -0.1) is 0 Å². The number of allylic oxidation sites excluding steroid dienone is 2. The maximum absolute atomic E-state index is 12.5. The smallest absolute Gasteiger partial charge is 0.233 e. The van der Waals surface area contributed by atoms with E-state index in [1.165, 1.54) is 38.5 Å². The second-order valence-electron chi connectivity index (χ2n) is 7.30. The molecule has 3 rings (SSSR count). The maximum Gasteiger partial charge on any atom is 0.233 e. The van der Waals surface area contributed by atoms with Gasteiger partial charge in [0.25, 0.3) is 0 Å². The van der Waals surface area contributed by atoms with Gasteiger partial charge in [-0.2, -0.15) is 0 Å². The van der Waals surface area contributed by atoms with E-state index in [1.807, 2.05) is 0 Å². The minimum absolute atomic E-state index is 0.0171. The molecule has 122 valence electrons. The Morgan fingerprint density at radius 2 is 1.36 bits per heavy atom. The number of unbranched alkanes of at least 4 members (excludes halogenated alkanes) is 7. The molecule has 1 saturated heterocycles. The second kappa shape index (κ2) is 6.97. The lowest BCUT2D eigenvalue weighted by Crippen LogP contribution is -2.33. The molecule has 0 unspecified atom stereocenters. The molecule has 4 atom stereocenters. The SMILES string of the molecule is CCCCCCCCCCN1C(=O)[C@@H]2[C@H](C1=O)[C@@H]1C=C[C@H]2C1. The summed E-state index contributed by atoms with van der Waals surface area (Å²) in [7, 11) is 0. The second-order valence-corrected chi connectivity index (χ2v) is 7.30. The van der Waals surface area contributed by atoms with Crippen LogP contribution in [0.15, 0.2) is 12.2 Å². The number of hydrogen-bond donors (Lipinski definition) is 0. The first-order valence-corrected chi connectivity index (χ1v) is 9.27. The van der Waals surface area contributed by atoms with Crippen LogP contribution in [0.5, 0.6) is 0 Å². The molecule has 3 aliphatic rings. The number of hydrogen-bond acceptors (Lipinski definition) is 2. The molecule has 1 heterocycles. The molecule has 1 saturated carbocycles. The lowest BCUT2D eigenvalue weighted by Gasteiger charge is -2.17. The fraction of sp³-hybridized carbons (Fsp3) is 0.789. The third-order valence-electron chi connectivity index (χ3n) is 5.80. The molecule has 0 aromatic heterocycles. The fourth-order valence-corrected chi connectivity index (χ4v) is 4.59. The first-order chi connectivity index (χ1) is 10.7. The van der Waals surface area contributed by atoms with Crippen molar-refractivity contribution in [2.24, 2.45) is 23.7 Å². The highest BCUT2D eigenvalue weighted by molar-refractivity contribution is 6.06. The normalized spacial score (nSPS) is 32.3. The Hall–Kier alpha value is -1.12. The van der Waals surface area contributed by atoms with E-state index in [4.69, 9.17) is 0 Å². The first-order valence-electron chi connectivity index (χ1n) is 9.27. The molecule has 3 nitrogen and oxygen atoms in total. The van der Waals surface area contributed by atoms with Gasteiger partial charge in [-0.25, -0.2) is 0 Å². The Labute approximate surface area is 134 Å². The summed E-state index contributed by atoms with van der Waals surface area (Å²) in [6, 6.07) is 0. The van der Waals surface area contributed by atoms with Crippen LogP contribution in [0, 0.1) is 23.7 Å². The van der Waals surface area contributed by atoms with Gasteiger partial charge in [0.05, 0.1) is 11.8 Å². The Balaban J connectivity index is 1.37. The van der Waals surface area contributed by atoms with Crippen molar-refractivity contribution in [3.05, 3.63) is 12.2 Å². The zero-order valence-corrected chi connectivity index (χ0v) is 13.8. The van der Waals surface area contributed by atoms with Crippen molar-refractivity contribution in [3.63, 3.8) is 0 Å². The predicted octanol–water partition coefficient (Wildman–Crippen LogP) is 3.93. The van der Waals surface area contributed by atoms with E-state index in [2.05, 4.69) is 19.1 Å². The average molecular weight is 303 g/mol. The third kappa shape index (κ3) is 2.87. The van der Waals surface area contributed by atoms with Crippen LogP contribution in [0.1, 0.15) is 64.7 Å². The lowest BCUT2D eigenvalue weighted by atomic mass is 9.85. The number of amides is 2. The molecule has 0 aromatic rings. The Morgan fingerprint density at radius 1 is 0.864 bits per heavy atom. The van der Waals surface area contributed by atoms with Gasteiger partial charge in [-0.1, -0.05) is 64.0 Å². The van der Waals surface area contributed by atoms with Gasteiger partial charge in [0.1, 0.15) is 0 Å². The summed E-state index contributed by atoms with van der Waals surface area (Å²) in [5, 5.41) is 0. The Kier molecular flexibility index (Phi) is 5.00. The van der Waals surface area contributed by atoms with Gasteiger partial charge in [-0.3, -0.25) is 14.5 Å². The maximum atomic E-state index is 12.5. The van der Waals surface area contributed by atoms with Crippen molar-refractivity contribution >= 4 is 11.8 Å². The molecule has 2 amide bonds. The molecular formula is C19H29NO2. The van der Waals surface area contributed by atoms with Gasteiger partial charge < -0.3 is 0 Å². The minimum Gasteiger partial charge on any atom is -0.282 e. The molecule has 0 N–H and O–H groups in total. The highest BCUT2D eigenvalue weighted by atomic mass is 16.2. The zero-order valence-electron chi connectivity index (χ0n) is 13.8. The summed E-state index contributed by atoms with van der Waals surface area (Å²) in [5.41, 5.74) is 0. The molecular weight excluding hydrogens is 274 g/mol. The Morgan fingerprint density at radius 3 is 1.91 bits per heavy atom. The number of fused-ring (bicyclic) bond motifs is 5. The number of carbonyl (C=O) groups is 2. The fourth-order valence-electron chi connectivity index (χ4n) is 4.59. The molecule has 1 aliphatic heterocycles. The van der Waals surface area contributed by atoms with Crippen LogP contribution in [0.25, 0.3) is 0 Å². The van der Waals surface area contributed by atoms with Crippen LogP contribution in [0.2, 0.25) is 0 Å². The summed E-state index contributed by atoms with van der Waals surface area (Å²) < 4.78 is 0. The molecule has 2 fully saturated rings. The molecule has 0 spiro atoms. The molecule has 0 radical (unpaired) electrons. The molecule has 3 heteroatoms. The summed E-state index contributed by atoms with van der Waals surface area (Å²) >= 11 is 0.